The van der Waals surface area contributed by atoms with Crippen LogP contribution in [-0.4, -0.2) is 49.1 Å². The highest BCUT2D eigenvalue weighted by Gasteiger charge is 2.25. The second-order valence-electron chi connectivity index (χ2n) is 7.92. The van der Waals surface area contributed by atoms with E-state index >= 15 is 0 Å². The molecule has 2 fully saturated rings. The number of amides is 3. The van der Waals surface area contributed by atoms with Crippen LogP contribution >= 0.6 is 0 Å². The van der Waals surface area contributed by atoms with Gasteiger partial charge in [-0.1, -0.05) is 19.3 Å². The topological polar surface area (TPSA) is 86.6 Å². The van der Waals surface area contributed by atoms with Gasteiger partial charge in [0.05, 0.1) is 12.3 Å². The lowest BCUT2D eigenvalue weighted by Crippen LogP contribution is -2.43. The van der Waals surface area contributed by atoms with Crippen molar-refractivity contribution < 1.29 is 14.0 Å². The van der Waals surface area contributed by atoms with E-state index in [-0.39, 0.29) is 18.0 Å². The predicted octanol–water partition coefficient (Wildman–Crippen LogP) is 2.94. The highest BCUT2D eigenvalue weighted by atomic mass is 16.3. The largest absolute Gasteiger partial charge is 0.468 e. The summed E-state index contributed by atoms with van der Waals surface area (Å²) >= 11 is 0. The molecule has 1 saturated carbocycles. The van der Waals surface area contributed by atoms with Crippen LogP contribution in [0.25, 0.3) is 0 Å². The Morgan fingerprint density at radius 3 is 2.61 bits per heavy atom. The van der Waals surface area contributed by atoms with Gasteiger partial charge in [-0.05, 0) is 57.3 Å². The number of rotatable bonds is 9. The SMILES string of the molecule is O=C(CCCNC(=O)NC1CCCCC1)NCC(c1ccco1)N1CCCC1. The Hall–Kier alpha value is -2.02. The van der Waals surface area contributed by atoms with Crippen molar-refractivity contribution >= 4 is 11.9 Å². The van der Waals surface area contributed by atoms with Gasteiger partial charge in [0.25, 0.3) is 0 Å². The minimum Gasteiger partial charge on any atom is -0.468 e. The van der Waals surface area contributed by atoms with Crippen molar-refractivity contribution in [1.29, 1.82) is 0 Å². The van der Waals surface area contributed by atoms with Crippen LogP contribution < -0.4 is 16.0 Å². The number of hydrogen-bond donors (Lipinski definition) is 3. The molecule has 7 heteroatoms. The molecule has 1 atom stereocenters. The van der Waals surface area contributed by atoms with Crippen LogP contribution in [0.5, 0.6) is 0 Å². The molecule has 1 aromatic rings. The van der Waals surface area contributed by atoms with Crippen molar-refractivity contribution in [3.63, 3.8) is 0 Å². The Morgan fingerprint density at radius 1 is 1.11 bits per heavy atom. The van der Waals surface area contributed by atoms with Crippen LogP contribution in [0.2, 0.25) is 0 Å². The quantitative estimate of drug-likeness (QED) is 0.566. The molecule has 0 radical (unpaired) electrons. The lowest BCUT2D eigenvalue weighted by molar-refractivity contribution is -0.121. The van der Waals surface area contributed by atoms with E-state index in [4.69, 9.17) is 4.42 Å². The van der Waals surface area contributed by atoms with Crippen LogP contribution in [0.1, 0.15) is 69.6 Å². The molecule has 28 heavy (non-hydrogen) atoms. The smallest absolute Gasteiger partial charge is 0.315 e. The van der Waals surface area contributed by atoms with Gasteiger partial charge in [-0.15, -0.1) is 0 Å². The Kier molecular flexibility index (Phi) is 8.21. The van der Waals surface area contributed by atoms with Crippen molar-refractivity contribution in [2.45, 2.75) is 69.9 Å². The predicted molar refractivity (Wildman–Crippen MR) is 108 cm³/mol. The zero-order valence-electron chi connectivity index (χ0n) is 16.8. The maximum absolute atomic E-state index is 12.2. The third kappa shape index (κ3) is 6.55. The molecule has 3 amide bonds. The molecule has 2 heterocycles. The third-order valence-electron chi connectivity index (χ3n) is 5.75. The van der Waals surface area contributed by atoms with Gasteiger partial charge < -0.3 is 20.4 Å². The fraction of sp³-hybridized carbons (Fsp3) is 0.714. The van der Waals surface area contributed by atoms with Crippen molar-refractivity contribution in [3.8, 4) is 0 Å². The van der Waals surface area contributed by atoms with Crippen molar-refractivity contribution in [3.05, 3.63) is 24.2 Å². The molecule has 3 rings (SSSR count). The molecule has 0 bridgehead atoms. The maximum atomic E-state index is 12.2. The third-order valence-corrected chi connectivity index (χ3v) is 5.75. The molecule has 0 aromatic carbocycles. The molecular weight excluding hydrogens is 356 g/mol. The molecule has 1 saturated heterocycles. The molecule has 1 aliphatic heterocycles. The van der Waals surface area contributed by atoms with E-state index in [0.717, 1.165) is 31.7 Å². The monoisotopic (exact) mass is 390 g/mol. The van der Waals surface area contributed by atoms with Crippen molar-refractivity contribution in [2.24, 2.45) is 0 Å². The highest BCUT2D eigenvalue weighted by Crippen LogP contribution is 2.24. The Balaban J connectivity index is 1.30. The second kappa shape index (κ2) is 11.1. The van der Waals surface area contributed by atoms with E-state index in [1.165, 1.54) is 32.1 Å². The molecule has 1 aliphatic carbocycles. The lowest BCUT2D eigenvalue weighted by atomic mass is 9.96. The number of carbonyl (C=O) groups is 2. The molecule has 156 valence electrons. The van der Waals surface area contributed by atoms with E-state index in [9.17, 15) is 9.59 Å². The first kappa shape index (κ1) is 20.7. The zero-order chi connectivity index (χ0) is 19.6. The molecule has 1 aromatic heterocycles. The van der Waals surface area contributed by atoms with E-state index < -0.39 is 0 Å². The van der Waals surface area contributed by atoms with Gasteiger partial charge in [0, 0.05) is 25.6 Å². The van der Waals surface area contributed by atoms with Gasteiger partial charge in [0.2, 0.25) is 5.91 Å². The van der Waals surface area contributed by atoms with Crippen molar-refractivity contribution in [2.75, 3.05) is 26.2 Å². The number of carbonyl (C=O) groups excluding carboxylic acids is 2. The van der Waals surface area contributed by atoms with Gasteiger partial charge in [0.15, 0.2) is 0 Å². The Morgan fingerprint density at radius 2 is 1.89 bits per heavy atom. The maximum Gasteiger partial charge on any atom is 0.315 e. The van der Waals surface area contributed by atoms with Crippen LogP contribution in [0.15, 0.2) is 22.8 Å². The first-order valence-corrected chi connectivity index (χ1v) is 10.8. The average Bonchev–Trinajstić information content (AvgIpc) is 3.41. The summed E-state index contributed by atoms with van der Waals surface area (Å²) in [5, 5.41) is 8.92. The molecular formula is C21H34N4O3. The molecule has 1 unspecified atom stereocenters. The summed E-state index contributed by atoms with van der Waals surface area (Å²) in [7, 11) is 0. The summed E-state index contributed by atoms with van der Waals surface area (Å²) in [4.78, 5) is 26.5. The van der Waals surface area contributed by atoms with Crippen LogP contribution in [0, 0.1) is 0 Å². The van der Waals surface area contributed by atoms with Gasteiger partial charge in [-0.3, -0.25) is 9.69 Å². The Bertz CT molecular complexity index is 593. The van der Waals surface area contributed by atoms with E-state index in [1.807, 2.05) is 12.1 Å². The number of furan rings is 1. The van der Waals surface area contributed by atoms with Gasteiger partial charge in [0.1, 0.15) is 5.76 Å². The summed E-state index contributed by atoms with van der Waals surface area (Å²) in [5.74, 6) is 0.925. The summed E-state index contributed by atoms with van der Waals surface area (Å²) in [6.45, 7) is 3.16. The first-order valence-electron chi connectivity index (χ1n) is 10.8. The Labute approximate surface area is 167 Å². The molecule has 2 aliphatic rings. The summed E-state index contributed by atoms with van der Waals surface area (Å²) in [6.07, 6.45) is 10.9. The second-order valence-corrected chi connectivity index (χ2v) is 7.92. The fourth-order valence-electron chi connectivity index (χ4n) is 4.18. The number of urea groups is 1. The minimum atomic E-state index is -0.112. The number of likely N-dealkylation sites (tertiary alicyclic amines) is 1. The summed E-state index contributed by atoms with van der Waals surface area (Å²) in [6, 6.07) is 4.16. The van der Waals surface area contributed by atoms with Crippen LogP contribution in [0.4, 0.5) is 4.79 Å². The van der Waals surface area contributed by atoms with Gasteiger partial charge >= 0.3 is 6.03 Å². The average molecular weight is 391 g/mol. The number of nitrogens with zero attached hydrogens (tertiary/aromatic N) is 1. The highest BCUT2D eigenvalue weighted by molar-refractivity contribution is 5.76. The normalized spacial score (nSPS) is 19.3. The molecule has 0 spiro atoms. The summed E-state index contributed by atoms with van der Waals surface area (Å²) in [5.41, 5.74) is 0. The molecule has 7 nitrogen and oxygen atoms in total. The van der Waals surface area contributed by atoms with Crippen LogP contribution in [0.3, 0.4) is 0 Å². The van der Waals surface area contributed by atoms with Gasteiger partial charge in [-0.2, -0.15) is 0 Å². The van der Waals surface area contributed by atoms with E-state index in [0.29, 0.717) is 32.0 Å². The standard InChI is InChI=1S/C21H34N4O3/c26-20(11-6-12-22-21(27)24-17-8-2-1-3-9-17)23-16-18(19-10-7-15-28-19)25-13-4-5-14-25/h7,10,15,17-18H,1-6,8-9,11-14,16H2,(H,23,26)(H2,22,24,27). The fourth-order valence-corrected chi connectivity index (χ4v) is 4.18. The van der Waals surface area contributed by atoms with Crippen LogP contribution in [-0.2, 0) is 4.79 Å². The summed E-state index contributed by atoms with van der Waals surface area (Å²) < 4.78 is 5.58. The molecule has 3 N–H and O–H groups in total. The van der Waals surface area contributed by atoms with Gasteiger partial charge in [-0.25, -0.2) is 4.79 Å². The van der Waals surface area contributed by atoms with E-state index in [1.54, 1.807) is 6.26 Å². The van der Waals surface area contributed by atoms with Crippen molar-refractivity contribution in [1.82, 2.24) is 20.9 Å². The minimum absolute atomic E-state index is 0.0187. The number of hydrogen-bond acceptors (Lipinski definition) is 4. The van der Waals surface area contributed by atoms with E-state index in [2.05, 4.69) is 20.9 Å². The first-order chi connectivity index (χ1) is 13.7. The number of nitrogens with one attached hydrogen (secondary N) is 3. The zero-order valence-corrected chi connectivity index (χ0v) is 16.8. The lowest BCUT2D eigenvalue weighted by Gasteiger charge is -2.26.